The van der Waals surface area contributed by atoms with Crippen molar-refractivity contribution in [3.05, 3.63) is 41.1 Å². The minimum atomic E-state index is 0. The zero-order valence-corrected chi connectivity index (χ0v) is 18.2. The monoisotopic (exact) mass is 490 g/mol. The molecular weight excluding hydrogens is 463 g/mol. The standard InChI is InChI=1S/C17H26N6OS.HI/c1-18-17(20-5-7-22-6-4-19-14-22)21-13-15(16-3-2-12-25-16)23-8-10-24-11-9-23;/h2-4,6,12,14-15H,5,7-11,13H2,1H3,(H2,18,20,21);1H. The number of ether oxygens (including phenoxy) is 1. The molecule has 1 fully saturated rings. The molecular formula is C17H27IN6OS. The largest absolute Gasteiger partial charge is 0.379 e. The first kappa shape index (κ1) is 21.1. The predicted octanol–water partition coefficient (Wildman–Crippen LogP) is 1.80. The van der Waals surface area contributed by atoms with Gasteiger partial charge >= 0.3 is 0 Å². The molecule has 1 aliphatic heterocycles. The normalized spacial score (nSPS) is 16.7. The molecule has 1 atom stereocenters. The maximum atomic E-state index is 5.50. The lowest BCUT2D eigenvalue weighted by Crippen LogP contribution is -2.46. The summed E-state index contributed by atoms with van der Waals surface area (Å²) >= 11 is 1.81. The summed E-state index contributed by atoms with van der Waals surface area (Å²) in [6, 6.07) is 4.67. The summed E-state index contributed by atoms with van der Waals surface area (Å²) in [5.74, 6) is 0.829. The number of halogens is 1. The second kappa shape index (κ2) is 11.5. The third kappa shape index (κ3) is 6.22. The first-order chi connectivity index (χ1) is 12.4. The van der Waals surface area contributed by atoms with Crippen molar-refractivity contribution < 1.29 is 4.74 Å². The zero-order chi connectivity index (χ0) is 17.3. The molecule has 0 aliphatic carbocycles. The van der Waals surface area contributed by atoms with Crippen LogP contribution in [0.3, 0.4) is 0 Å². The van der Waals surface area contributed by atoms with E-state index in [1.165, 1.54) is 4.88 Å². The molecule has 144 valence electrons. The summed E-state index contributed by atoms with van der Waals surface area (Å²) in [7, 11) is 1.81. The third-order valence-electron chi connectivity index (χ3n) is 4.27. The Kier molecular flexibility index (Phi) is 9.37. The van der Waals surface area contributed by atoms with Crippen molar-refractivity contribution >= 4 is 41.3 Å². The Morgan fingerprint density at radius 1 is 1.38 bits per heavy atom. The van der Waals surface area contributed by atoms with Gasteiger partial charge in [-0.05, 0) is 11.4 Å². The van der Waals surface area contributed by atoms with Crippen molar-refractivity contribution in [1.29, 1.82) is 0 Å². The molecule has 1 unspecified atom stereocenters. The lowest BCUT2D eigenvalue weighted by atomic mass is 10.2. The van der Waals surface area contributed by atoms with Gasteiger partial charge in [-0.25, -0.2) is 4.98 Å². The van der Waals surface area contributed by atoms with E-state index in [0.717, 1.165) is 51.9 Å². The smallest absolute Gasteiger partial charge is 0.191 e. The lowest BCUT2D eigenvalue weighted by molar-refractivity contribution is 0.0177. The van der Waals surface area contributed by atoms with Crippen molar-refractivity contribution in [2.45, 2.75) is 12.6 Å². The van der Waals surface area contributed by atoms with Crippen LogP contribution in [0.2, 0.25) is 0 Å². The summed E-state index contributed by atoms with van der Waals surface area (Å²) in [5, 5.41) is 8.97. The van der Waals surface area contributed by atoms with E-state index in [1.54, 1.807) is 13.2 Å². The number of nitrogens with one attached hydrogen (secondary N) is 2. The van der Waals surface area contributed by atoms with Crippen molar-refractivity contribution in [3.8, 4) is 0 Å². The van der Waals surface area contributed by atoms with Gasteiger partial charge in [0.15, 0.2) is 5.96 Å². The maximum absolute atomic E-state index is 5.50. The predicted molar refractivity (Wildman–Crippen MR) is 116 cm³/mol. The van der Waals surface area contributed by atoms with Gasteiger partial charge in [-0.15, -0.1) is 35.3 Å². The highest BCUT2D eigenvalue weighted by Crippen LogP contribution is 2.25. The topological polar surface area (TPSA) is 66.7 Å². The van der Waals surface area contributed by atoms with Crippen LogP contribution < -0.4 is 10.6 Å². The summed E-state index contributed by atoms with van der Waals surface area (Å²) in [6.07, 6.45) is 5.58. The van der Waals surface area contributed by atoms with Crippen LogP contribution in [0.25, 0.3) is 0 Å². The average molecular weight is 490 g/mol. The van der Waals surface area contributed by atoms with Crippen LogP contribution in [0.4, 0.5) is 0 Å². The molecule has 0 spiro atoms. The Balaban J connectivity index is 0.00000243. The second-order valence-corrected chi connectivity index (χ2v) is 6.84. The molecule has 0 radical (unpaired) electrons. The molecule has 3 heterocycles. The van der Waals surface area contributed by atoms with Gasteiger partial charge in [-0.1, -0.05) is 6.07 Å². The van der Waals surface area contributed by atoms with E-state index in [2.05, 4.69) is 43.0 Å². The fourth-order valence-electron chi connectivity index (χ4n) is 2.92. The number of imidazole rings is 1. The fourth-order valence-corrected chi connectivity index (χ4v) is 3.78. The molecule has 7 nitrogen and oxygen atoms in total. The second-order valence-electron chi connectivity index (χ2n) is 5.86. The number of rotatable bonds is 7. The van der Waals surface area contributed by atoms with E-state index in [-0.39, 0.29) is 24.0 Å². The van der Waals surface area contributed by atoms with E-state index < -0.39 is 0 Å². The summed E-state index contributed by atoms with van der Waals surface area (Å²) in [4.78, 5) is 12.3. The minimum absolute atomic E-state index is 0. The molecule has 0 amide bonds. The van der Waals surface area contributed by atoms with E-state index >= 15 is 0 Å². The van der Waals surface area contributed by atoms with Crippen molar-refractivity contribution in [1.82, 2.24) is 25.1 Å². The molecule has 0 bridgehead atoms. The maximum Gasteiger partial charge on any atom is 0.191 e. The highest BCUT2D eigenvalue weighted by Gasteiger charge is 2.23. The molecule has 9 heteroatoms. The number of nitrogens with zero attached hydrogens (tertiary/aromatic N) is 4. The summed E-state index contributed by atoms with van der Waals surface area (Å²) < 4.78 is 7.54. The van der Waals surface area contributed by atoms with Crippen LogP contribution in [-0.2, 0) is 11.3 Å². The number of hydrogen-bond donors (Lipinski definition) is 2. The number of morpholine rings is 1. The first-order valence-electron chi connectivity index (χ1n) is 8.62. The van der Waals surface area contributed by atoms with Gasteiger partial charge in [0, 0.05) is 57.0 Å². The number of guanidine groups is 1. The number of thiophene rings is 1. The number of aromatic nitrogens is 2. The molecule has 2 N–H and O–H groups in total. The molecule has 0 saturated carbocycles. The Hall–Kier alpha value is -1.17. The van der Waals surface area contributed by atoms with Crippen LogP contribution in [0.1, 0.15) is 10.9 Å². The van der Waals surface area contributed by atoms with Crippen molar-refractivity contribution in [2.24, 2.45) is 4.99 Å². The molecule has 1 saturated heterocycles. The first-order valence-corrected chi connectivity index (χ1v) is 9.50. The Labute approximate surface area is 175 Å². The minimum Gasteiger partial charge on any atom is -0.379 e. The van der Waals surface area contributed by atoms with E-state index in [0.29, 0.717) is 6.04 Å². The Morgan fingerprint density at radius 3 is 2.88 bits per heavy atom. The van der Waals surface area contributed by atoms with Gasteiger partial charge in [0.05, 0.1) is 25.6 Å². The van der Waals surface area contributed by atoms with Gasteiger partial charge in [0.1, 0.15) is 0 Å². The molecule has 2 aromatic heterocycles. The van der Waals surface area contributed by atoms with Crippen LogP contribution in [0, 0.1) is 0 Å². The fraction of sp³-hybridized carbons (Fsp3) is 0.529. The number of aliphatic imine (C=N–C) groups is 1. The molecule has 2 aromatic rings. The Bertz CT molecular complexity index is 628. The summed E-state index contributed by atoms with van der Waals surface area (Å²) in [5.41, 5.74) is 0. The average Bonchev–Trinajstić information content (AvgIpc) is 3.35. The van der Waals surface area contributed by atoms with Gasteiger partial charge in [0.2, 0.25) is 0 Å². The molecule has 1 aliphatic rings. The highest BCUT2D eigenvalue weighted by molar-refractivity contribution is 14.0. The molecule has 3 rings (SSSR count). The Morgan fingerprint density at radius 2 is 2.23 bits per heavy atom. The zero-order valence-electron chi connectivity index (χ0n) is 15.0. The molecule has 26 heavy (non-hydrogen) atoms. The van der Waals surface area contributed by atoms with Crippen LogP contribution in [0.5, 0.6) is 0 Å². The van der Waals surface area contributed by atoms with E-state index in [9.17, 15) is 0 Å². The van der Waals surface area contributed by atoms with Crippen molar-refractivity contribution in [3.63, 3.8) is 0 Å². The van der Waals surface area contributed by atoms with Gasteiger partial charge in [0.25, 0.3) is 0 Å². The SMILES string of the molecule is CN=C(NCCn1ccnc1)NCC(c1cccs1)N1CCOCC1.I. The van der Waals surface area contributed by atoms with Gasteiger partial charge in [-0.3, -0.25) is 9.89 Å². The van der Waals surface area contributed by atoms with Crippen LogP contribution in [0.15, 0.2) is 41.2 Å². The van der Waals surface area contributed by atoms with Crippen molar-refractivity contribution in [2.75, 3.05) is 46.4 Å². The van der Waals surface area contributed by atoms with Crippen LogP contribution >= 0.6 is 35.3 Å². The van der Waals surface area contributed by atoms with Crippen LogP contribution in [-0.4, -0.2) is 66.9 Å². The lowest BCUT2D eigenvalue weighted by Gasteiger charge is -2.34. The van der Waals surface area contributed by atoms with Gasteiger partial charge < -0.3 is 19.9 Å². The van der Waals surface area contributed by atoms with E-state index in [1.807, 2.05) is 28.4 Å². The summed E-state index contributed by atoms with van der Waals surface area (Å²) in [6.45, 7) is 6.04. The van der Waals surface area contributed by atoms with Gasteiger partial charge in [-0.2, -0.15) is 0 Å². The third-order valence-corrected chi connectivity index (χ3v) is 5.24. The van der Waals surface area contributed by atoms with E-state index in [4.69, 9.17) is 4.74 Å². The highest BCUT2D eigenvalue weighted by atomic mass is 127. The quantitative estimate of drug-likeness (QED) is 0.352. The molecule has 0 aromatic carbocycles. The number of hydrogen-bond acceptors (Lipinski definition) is 5.